The van der Waals surface area contributed by atoms with E-state index in [1.54, 1.807) is 6.92 Å². The summed E-state index contributed by atoms with van der Waals surface area (Å²) in [4.78, 5) is 26.1. The zero-order valence-corrected chi connectivity index (χ0v) is 11.9. The van der Waals surface area contributed by atoms with Gasteiger partial charge in [0.25, 0.3) is 5.91 Å². The van der Waals surface area contributed by atoms with Gasteiger partial charge in [-0.3, -0.25) is 4.79 Å². The lowest BCUT2D eigenvalue weighted by molar-refractivity contribution is -0.148. The number of rotatable bonds is 8. The topological polar surface area (TPSA) is 88.5 Å². The molecule has 128 valence electrons. The molecule has 0 bridgehead atoms. The van der Waals surface area contributed by atoms with E-state index in [-0.39, 0.29) is 17.9 Å². The van der Waals surface area contributed by atoms with Crippen LogP contribution in [0.5, 0.6) is 5.88 Å². The lowest BCUT2D eigenvalue weighted by Crippen LogP contribution is -2.40. The smallest absolute Gasteiger partial charge is 0.340 e. The number of carboxylic acid groups (broad SMARTS) is 1. The van der Waals surface area contributed by atoms with Crippen molar-refractivity contribution in [2.75, 3.05) is 6.61 Å². The van der Waals surface area contributed by atoms with Gasteiger partial charge in [0.05, 0.1) is 5.56 Å². The number of pyridine rings is 1. The van der Waals surface area contributed by atoms with Crippen molar-refractivity contribution >= 4 is 11.9 Å². The maximum Gasteiger partial charge on any atom is 0.340 e. The molecule has 0 fully saturated rings. The number of carbonyl (C=O) groups excluding carboxylic acids is 1. The predicted molar refractivity (Wildman–Crippen MR) is 69.9 cm³/mol. The number of aliphatic carboxylic acids is 1. The van der Waals surface area contributed by atoms with Crippen molar-refractivity contribution < 1.29 is 37.0 Å². The molecule has 0 aliphatic carbocycles. The molecule has 1 heterocycles. The monoisotopic (exact) mass is 338 g/mol. The molecular weight excluding hydrogens is 324 g/mol. The molecule has 0 aromatic carbocycles. The third kappa shape index (κ3) is 5.38. The van der Waals surface area contributed by atoms with E-state index in [4.69, 9.17) is 5.11 Å². The van der Waals surface area contributed by atoms with E-state index in [2.05, 4.69) is 15.0 Å². The third-order valence-corrected chi connectivity index (χ3v) is 2.74. The predicted octanol–water partition coefficient (Wildman–Crippen LogP) is 1.95. The number of hydrogen-bond acceptors (Lipinski definition) is 4. The van der Waals surface area contributed by atoms with Crippen LogP contribution in [-0.2, 0) is 4.79 Å². The summed E-state index contributed by atoms with van der Waals surface area (Å²) in [6.45, 7) is 0.0115. The summed E-state index contributed by atoms with van der Waals surface area (Å²) in [7, 11) is 0. The quantitative estimate of drug-likeness (QED) is 0.708. The lowest BCUT2D eigenvalue weighted by atomic mass is 10.2. The van der Waals surface area contributed by atoms with Crippen LogP contribution in [-0.4, -0.2) is 47.0 Å². The molecule has 6 nitrogen and oxygen atoms in total. The van der Waals surface area contributed by atoms with E-state index in [0.717, 1.165) is 18.3 Å². The molecule has 0 radical (unpaired) electrons. The molecule has 10 heteroatoms. The Morgan fingerprint density at radius 2 is 2.04 bits per heavy atom. The van der Waals surface area contributed by atoms with E-state index in [1.807, 2.05) is 0 Å². The minimum absolute atomic E-state index is 0.0299. The molecule has 1 rings (SSSR count). The molecule has 0 spiro atoms. The van der Waals surface area contributed by atoms with Crippen LogP contribution >= 0.6 is 0 Å². The molecule has 0 saturated heterocycles. The van der Waals surface area contributed by atoms with Gasteiger partial charge in [0.2, 0.25) is 5.88 Å². The molecule has 0 aliphatic rings. The molecule has 1 unspecified atom stereocenters. The summed E-state index contributed by atoms with van der Waals surface area (Å²) in [5, 5.41) is 11.1. The Labute approximate surface area is 128 Å². The summed E-state index contributed by atoms with van der Waals surface area (Å²) in [6.07, 6.45) is -2.74. The van der Waals surface area contributed by atoms with E-state index >= 15 is 0 Å². The number of ether oxygens (including phenoxy) is 1. The second kappa shape index (κ2) is 7.75. The van der Waals surface area contributed by atoms with E-state index in [0.29, 0.717) is 0 Å². The fourth-order valence-electron chi connectivity index (χ4n) is 1.41. The summed E-state index contributed by atoms with van der Waals surface area (Å²) >= 11 is 0. The first-order valence-electron chi connectivity index (χ1n) is 6.46. The van der Waals surface area contributed by atoms with E-state index in [9.17, 15) is 27.2 Å². The molecule has 0 saturated carbocycles. The number of carboxylic acids is 1. The zero-order chi connectivity index (χ0) is 17.6. The standard InChI is InChI=1S/C13H14F4N2O4/c1-2-8(11(21)22)19-10(20)7-3-4-9(18-5-7)23-6-13(16,17)12(14)15/h3-5,8,12H,2,6H2,1H3,(H,19,20)(H,21,22). The van der Waals surface area contributed by atoms with Crippen LogP contribution in [0.25, 0.3) is 0 Å². The highest BCUT2D eigenvalue weighted by Gasteiger charge is 2.41. The third-order valence-electron chi connectivity index (χ3n) is 2.74. The first kappa shape index (κ1) is 18.7. The molecule has 0 aliphatic heterocycles. The zero-order valence-electron chi connectivity index (χ0n) is 11.9. The molecule has 1 amide bonds. The molecule has 1 aromatic heterocycles. The van der Waals surface area contributed by atoms with Gasteiger partial charge >= 0.3 is 18.3 Å². The fraction of sp³-hybridized carbons (Fsp3) is 0.462. The minimum Gasteiger partial charge on any atom is -0.480 e. The first-order chi connectivity index (χ1) is 10.7. The first-order valence-corrected chi connectivity index (χ1v) is 6.46. The van der Waals surface area contributed by atoms with Gasteiger partial charge in [-0.2, -0.15) is 8.78 Å². The van der Waals surface area contributed by atoms with Crippen LogP contribution in [0.4, 0.5) is 17.6 Å². The van der Waals surface area contributed by atoms with Gasteiger partial charge in [0.15, 0.2) is 6.61 Å². The summed E-state index contributed by atoms with van der Waals surface area (Å²) < 4.78 is 53.7. The number of aromatic nitrogens is 1. The normalized spacial score (nSPS) is 12.8. The number of hydrogen-bond donors (Lipinski definition) is 2. The van der Waals surface area contributed by atoms with Crippen molar-refractivity contribution in [3.63, 3.8) is 0 Å². The summed E-state index contributed by atoms with van der Waals surface area (Å²) in [6, 6.07) is 1.11. The van der Waals surface area contributed by atoms with Crippen molar-refractivity contribution in [1.29, 1.82) is 0 Å². The van der Waals surface area contributed by atoms with Crippen LogP contribution in [0.3, 0.4) is 0 Å². The maximum absolute atomic E-state index is 12.7. The number of nitrogens with one attached hydrogen (secondary N) is 1. The van der Waals surface area contributed by atoms with Gasteiger partial charge in [0, 0.05) is 12.3 Å². The highest BCUT2D eigenvalue weighted by molar-refractivity contribution is 5.96. The van der Waals surface area contributed by atoms with Crippen molar-refractivity contribution in [1.82, 2.24) is 10.3 Å². The van der Waals surface area contributed by atoms with Crippen molar-refractivity contribution in [3.05, 3.63) is 23.9 Å². The molecule has 1 aromatic rings. The second-order valence-corrected chi connectivity index (χ2v) is 4.51. The summed E-state index contributed by atoms with van der Waals surface area (Å²) in [5.74, 6) is -6.61. The van der Waals surface area contributed by atoms with Gasteiger partial charge in [0.1, 0.15) is 6.04 Å². The lowest BCUT2D eigenvalue weighted by Gasteiger charge is -2.15. The average molecular weight is 338 g/mol. The van der Waals surface area contributed by atoms with Crippen molar-refractivity contribution in [2.24, 2.45) is 0 Å². The van der Waals surface area contributed by atoms with E-state index in [1.165, 1.54) is 0 Å². The van der Waals surface area contributed by atoms with Crippen LogP contribution in [0, 0.1) is 0 Å². The molecule has 23 heavy (non-hydrogen) atoms. The Hall–Kier alpha value is -2.39. The fourth-order valence-corrected chi connectivity index (χ4v) is 1.41. The second-order valence-electron chi connectivity index (χ2n) is 4.51. The Kier molecular flexibility index (Phi) is 6.28. The number of carbonyl (C=O) groups is 2. The van der Waals surface area contributed by atoms with Gasteiger partial charge in [-0.15, -0.1) is 0 Å². The van der Waals surface area contributed by atoms with Crippen molar-refractivity contribution in [3.8, 4) is 5.88 Å². The van der Waals surface area contributed by atoms with Gasteiger partial charge in [-0.05, 0) is 12.5 Å². The SMILES string of the molecule is CCC(NC(=O)c1ccc(OCC(F)(F)C(F)F)nc1)C(=O)O. The average Bonchev–Trinajstić information content (AvgIpc) is 2.50. The Balaban J connectivity index is 2.66. The van der Waals surface area contributed by atoms with Gasteiger partial charge in [-0.25, -0.2) is 18.6 Å². The molecule has 2 N–H and O–H groups in total. The molecular formula is C13H14F4N2O4. The van der Waals surface area contributed by atoms with Crippen LogP contribution < -0.4 is 10.1 Å². The number of alkyl halides is 4. The van der Waals surface area contributed by atoms with Crippen molar-refractivity contribution in [2.45, 2.75) is 31.7 Å². The van der Waals surface area contributed by atoms with Gasteiger partial charge < -0.3 is 15.2 Å². The highest BCUT2D eigenvalue weighted by Crippen LogP contribution is 2.23. The number of nitrogens with zero attached hydrogens (tertiary/aromatic N) is 1. The minimum atomic E-state index is -4.31. The number of halogens is 4. The molecule has 1 atom stereocenters. The largest absolute Gasteiger partial charge is 0.480 e. The van der Waals surface area contributed by atoms with Crippen LogP contribution in [0.1, 0.15) is 23.7 Å². The number of amides is 1. The van der Waals surface area contributed by atoms with Gasteiger partial charge in [-0.1, -0.05) is 6.92 Å². The van der Waals surface area contributed by atoms with Crippen LogP contribution in [0.15, 0.2) is 18.3 Å². The Morgan fingerprint density at radius 3 is 2.48 bits per heavy atom. The summed E-state index contributed by atoms with van der Waals surface area (Å²) in [5.41, 5.74) is -0.0299. The van der Waals surface area contributed by atoms with E-state index < -0.39 is 36.9 Å². The highest BCUT2D eigenvalue weighted by atomic mass is 19.3. The Morgan fingerprint density at radius 1 is 1.39 bits per heavy atom. The maximum atomic E-state index is 12.7. The Bertz CT molecular complexity index is 551. The van der Waals surface area contributed by atoms with Crippen LogP contribution in [0.2, 0.25) is 0 Å².